The highest BCUT2D eigenvalue weighted by Crippen LogP contribution is 2.24. The first-order chi connectivity index (χ1) is 11.7. The van der Waals surface area contributed by atoms with E-state index in [-0.39, 0.29) is 6.10 Å². The van der Waals surface area contributed by atoms with Crippen LogP contribution in [-0.2, 0) is 13.1 Å². The van der Waals surface area contributed by atoms with Gasteiger partial charge in [-0.05, 0) is 25.3 Å². The van der Waals surface area contributed by atoms with E-state index in [9.17, 15) is 5.11 Å². The molecule has 1 atom stereocenters. The second kappa shape index (κ2) is 8.45. The average Bonchev–Trinajstić information content (AvgIpc) is 3.02. The van der Waals surface area contributed by atoms with E-state index < -0.39 is 0 Å². The van der Waals surface area contributed by atoms with E-state index >= 15 is 0 Å². The van der Waals surface area contributed by atoms with Crippen molar-refractivity contribution in [2.75, 3.05) is 6.54 Å². The van der Waals surface area contributed by atoms with Gasteiger partial charge in [-0.15, -0.1) is 0 Å². The van der Waals surface area contributed by atoms with Gasteiger partial charge >= 0.3 is 0 Å². The van der Waals surface area contributed by atoms with E-state index in [4.69, 9.17) is 0 Å². The highest BCUT2D eigenvalue weighted by molar-refractivity contribution is 5.15. The summed E-state index contributed by atoms with van der Waals surface area (Å²) in [4.78, 5) is 7.03. The minimum absolute atomic E-state index is 0.301. The summed E-state index contributed by atoms with van der Waals surface area (Å²) in [5.41, 5.74) is 1.29. The zero-order chi connectivity index (χ0) is 16.8. The minimum atomic E-state index is -0.301. The number of hydrogen-bond donors (Lipinski definition) is 1. The lowest BCUT2D eigenvalue weighted by Crippen LogP contribution is -2.41. The van der Waals surface area contributed by atoms with Crippen LogP contribution in [0.1, 0.15) is 50.4 Å². The molecular formula is C20H29N3O. The maximum Gasteiger partial charge on any atom is 0.123 e. The van der Waals surface area contributed by atoms with Gasteiger partial charge in [0.15, 0.2) is 0 Å². The molecule has 1 N–H and O–H groups in total. The van der Waals surface area contributed by atoms with Crippen molar-refractivity contribution in [2.45, 2.75) is 64.3 Å². The largest absolute Gasteiger partial charge is 0.392 e. The number of imidazole rings is 1. The first-order valence-electron chi connectivity index (χ1n) is 9.18. The number of nitrogens with zero attached hydrogens (tertiary/aromatic N) is 3. The van der Waals surface area contributed by atoms with Crippen molar-refractivity contribution in [2.24, 2.45) is 0 Å². The molecule has 1 heterocycles. The van der Waals surface area contributed by atoms with Crippen molar-refractivity contribution >= 4 is 0 Å². The molecule has 24 heavy (non-hydrogen) atoms. The molecule has 4 heteroatoms. The Hall–Kier alpha value is -1.65. The lowest BCUT2D eigenvalue weighted by atomic mass is 9.94. The molecule has 3 rings (SSSR count). The first-order valence-corrected chi connectivity index (χ1v) is 9.18. The summed E-state index contributed by atoms with van der Waals surface area (Å²) in [6.45, 7) is 4.27. The molecule has 130 valence electrons. The zero-order valence-electron chi connectivity index (χ0n) is 14.6. The fourth-order valence-electron chi connectivity index (χ4n) is 3.73. The van der Waals surface area contributed by atoms with Gasteiger partial charge in [0.1, 0.15) is 5.82 Å². The molecule has 1 aromatic carbocycles. The number of aliphatic hydroxyl groups excluding tert-OH is 1. The van der Waals surface area contributed by atoms with Crippen molar-refractivity contribution in [1.29, 1.82) is 0 Å². The second-order valence-corrected chi connectivity index (χ2v) is 7.03. The normalized spacial score (nSPS) is 17.3. The number of rotatable bonds is 7. The predicted molar refractivity (Wildman–Crippen MR) is 96.7 cm³/mol. The van der Waals surface area contributed by atoms with Crippen molar-refractivity contribution in [1.82, 2.24) is 14.5 Å². The van der Waals surface area contributed by atoms with Crippen LogP contribution >= 0.6 is 0 Å². The van der Waals surface area contributed by atoms with Crippen LogP contribution in [0.5, 0.6) is 0 Å². The second-order valence-electron chi connectivity index (χ2n) is 7.03. The maximum absolute atomic E-state index is 9.92. The molecule has 2 aromatic rings. The van der Waals surface area contributed by atoms with Gasteiger partial charge in [-0.3, -0.25) is 4.90 Å². The first kappa shape index (κ1) is 17.2. The Morgan fingerprint density at radius 3 is 2.67 bits per heavy atom. The van der Waals surface area contributed by atoms with E-state index in [1.807, 2.05) is 19.2 Å². The Morgan fingerprint density at radius 1 is 1.21 bits per heavy atom. The minimum Gasteiger partial charge on any atom is -0.392 e. The van der Waals surface area contributed by atoms with Crippen LogP contribution in [0, 0.1) is 0 Å². The standard InChI is InChI=1S/C20H29N3O/c1-17(24)14-23(19-10-6-3-7-11-19)16-20-21-12-13-22(20)15-18-8-4-2-5-9-18/h2,4-5,8-9,12-13,17,19,24H,3,6-7,10-11,14-16H2,1H3. The van der Waals surface area contributed by atoms with E-state index in [1.165, 1.54) is 37.7 Å². The van der Waals surface area contributed by atoms with Crippen molar-refractivity contribution in [3.05, 3.63) is 54.1 Å². The maximum atomic E-state index is 9.92. The number of aromatic nitrogens is 2. The van der Waals surface area contributed by atoms with Gasteiger partial charge in [0.25, 0.3) is 0 Å². The molecule has 1 aromatic heterocycles. The smallest absolute Gasteiger partial charge is 0.123 e. The van der Waals surface area contributed by atoms with E-state index in [1.54, 1.807) is 0 Å². The van der Waals surface area contributed by atoms with Crippen LogP contribution in [0.2, 0.25) is 0 Å². The van der Waals surface area contributed by atoms with E-state index in [2.05, 4.69) is 44.9 Å². The predicted octanol–water partition coefficient (Wildman–Crippen LogP) is 3.45. The Bertz CT molecular complexity index is 602. The Kier molecular flexibility index (Phi) is 6.05. The third kappa shape index (κ3) is 4.68. The molecule has 1 aliphatic carbocycles. The summed E-state index contributed by atoms with van der Waals surface area (Å²) in [6.07, 6.45) is 10.1. The molecule has 0 spiro atoms. The van der Waals surface area contributed by atoms with Crippen molar-refractivity contribution in [3.8, 4) is 0 Å². The molecule has 0 aliphatic heterocycles. The van der Waals surface area contributed by atoms with Crippen LogP contribution in [0.4, 0.5) is 0 Å². The summed E-state index contributed by atoms with van der Waals surface area (Å²) in [7, 11) is 0. The molecule has 0 bridgehead atoms. The molecule has 1 fully saturated rings. The molecule has 0 radical (unpaired) electrons. The van der Waals surface area contributed by atoms with Crippen molar-refractivity contribution < 1.29 is 5.11 Å². The van der Waals surface area contributed by atoms with Gasteiger partial charge in [0, 0.05) is 31.5 Å². The average molecular weight is 327 g/mol. The fourth-order valence-corrected chi connectivity index (χ4v) is 3.73. The number of benzene rings is 1. The van der Waals surface area contributed by atoms with Crippen LogP contribution in [0.25, 0.3) is 0 Å². The SMILES string of the molecule is CC(O)CN(Cc1nccn1Cc1ccccc1)C1CCCCC1. The molecule has 1 aliphatic rings. The lowest BCUT2D eigenvalue weighted by molar-refractivity contribution is 0.0742. The zero-order valence-corrected chi connectivity index (χ0v) is 14.6. The van der Waals surface area contributed by atoms with E-state index in [0.717, 1.165) is 25.5 Å². The molecule has 0 saturated heterocycles. The Labute approximate surface area is 145 Å². The summed E-state index contributed by atoms with van der Waals surface area (Å²) in [5.74, 6) is 1.09. The van der Waals surface area contributed by atoms with Gasteiger partial charge in [0.05, 0.1) is 12.6 Å². The van der Waals surface area contributed by atoms with Gasteiger partial charge in [-0.1, -0.05) is 49.6 Å². The molecule has 1 unspecified atom stereocenters. The van der Waals surface area contributed by atoms with Gasteiger partial charge in [0.2, 0.25) is 0 Å². The topological polar surface area (TPSA) is 41.3 Å². The third-order valence-corrected chi connectivity index (χ3v) is 4.93. The third-order valence-electron chi connectivity index (χ3n) is 4.93. The highest BCUT2D eigenvalue weighted by Gasteiger charge is 2.23. The molecule has 1 saturated carbocycles. The highest BCUT2D eigenvalue weighted by atomic mass is 16.3. The quantitative estimate of drug-likeness (QED) is 0.847. The van der Waals surface area contributed by atoms with Crippen molar-refractivity contribution in [3.63, 3.8) is 0 Å². The van der Waals surface area contributed by atoms with Gasteiger partial charge in [-0.25, -0.2) is 4.98 Å². The van der Waals surface area contributed by atoms with Gasteiger partial charge in [-0.2, -0.15) is 0 Å². The monoisotopic (exact) mass is 327 g/mol. The number of hydrogen-bond acceptors (Lipinski definition) is 3. The molecular weight excluding hydrogens is 298 g/mol. The van der Waals surface area contributed by atoms with Crippen LogP contribution in [0.3, 0.4) is 0 Å². The Balaban J connectivity index is 1.71. The van der Waals surface area contributed by atoms with Crippen LogP contribution in [-0.4, -0.2) is 38.2 Å². The molecule has 0 amide bonds. The summed E-state index contributed by atoms with van der Waals surface area (Å²) in [6, 6.07) is 11.1. The summed E-state index contributed by atoms with van der Waals surface area (Å²) in [5, 5.41) is 9.92. The Morgan fingerprint density at radius 2 is 1.96 bits per heavy atom. The number of aliphatic hydroxyl groups is 1. The lowest BCUT2D eigenvalue weighted by Gasteiger charge is -2.35. The fraction of sp³-hybridized carbons (Fsp3) is 0.550. The summed E-state index contributed by atoms with van der Waals surface area (Å²) < 4.78 is 2.23. The van der Waals surface area contributed by atoms with Crippen LogP contribution < -0.4 is 0 Å². The molecule has 4 nitrogen and oxygen atoms in total. The summed E-state index contributed by atoms with van der Waals surface area (Å²) >= 11 is 0. The van der Waals surface area contributed by atoms with E-state index in [0.29, 0.717) is 6.04 Å². The van der Waals surface area contributed by atoms with Gasteiger partial charge < -0.3 is 9.67 Å². The van der Waals surface area contributed by atoms with Crippen LogP contribution in [0.15, 0.2) is 42.7 Å².